The van der Waals surface area contributed by atoms with E-state index in [2.05, 4.69) is 39.1 Å². The second kappa shape index (κ2) is 12.9. The molecule has 0 bridgehead atoms. The summed E-state index contributed by atoms with van der Waals surface area (Å²) in [5.41, 5.74) is 7.31. The third-order valence-electron chi connectivity index (χ3n) is 7.81. The van der Waals surface area contributed by atoms with Gasteiger partial charge in [0.05, 0.1) is 36.8 Å². The molecule has 2 aromatic carbocycles. The molecule has 2 aromatic heterocycles. The van der Waals surface area contributed by atoms with E-state index < -0.39 is 0 Å². The van der Waals surface area contributed by atoms with E-state index in [0.717, 1.165) is 43.5 Å². The quantitative estimate of drug-likeness (QED) is 0.302. The van der Waals surface area contributed by atoms with Gasteiger partial charge in [-0.2, -0.15) is 10.2 Å². The van der Waals surface area contributed by atoms with Crippen molar-refractivity contribution in [3.05, 3.63) is 95.6 Å². The van der Waals surface area contributed by atoms with Gasteiger partial charge < -0.3 is 9.84 Å². The molecule has 2 heterocycles. The van der Waals surface area contributed by atoms with E-state index in [1.165, 1.54) is 35.4 Å². The molecule has 0 aliphatic heterocycles. The second-order valence-corrected chi connectivity index (χ2v) is 10.3. The van der Waals surface area contributed by atoms with Crippen LogP contribution in [0.4, 0.5) is 0 Å². The van der Waals surface area contributed by atoms with E-state index >= 15 is 0 Å². The molecular weight excluding hydrogens is 488 g/mol. The maximum Gasteiger partial charge on any atom is 0.306 e. The lowest BCUT2D eigenvalue weighted by atomic mass is 9.85. The first-order chi connectivity index (χ1) is 19.2. The number of fused-ring (bicyclic) bond motifs is 2. The highest BCUT2D eigenvalue weighted by molar-refractivity contribution is 5.70. The highest BCUT2D eigenvalue weighted by Crippen LogP contribution is 2.36. The van der Waals surface area contributed by atoms with Gasteiger partial charge in [-0.25, -0.2) is 9.36 Å². The van der Waals surface area contributed by atoms with Crippen LogP contribution in [0.1, 0.15) is 79.8 Å². The molecule has 0 spiro atoms. The summed E-state index contributed by atoms with van der Waals surface area (Å²) in [7, 11) is 0. The standard InChI is InChI=1S/C17H20N2O2.C15H18N2O/c1-2-21-17(20)11-13-7-6-10-16-15(13)12-18-19(16)14-8-4-3-5-9-14;18-10-9-12-5-4-8-15-14(12)11-16-17(15)13-6-2-1-3-7-13/h3-5,8-9,12-13H,2,6-7,10-11H2,1H3;1-3,6-7,11-12,18H,4-5,8-10H2. The highest BCUT2D eigenvalue weighted by atomic mass is 16.5. The normalized spacial score (nSPS) is 17.9. The van der Waals surface area contributed by atoms with Crippen LogP contribution in [0, 0.1) is 0 Å². The molecule has 6 rings (SSSR count). The number of aromatic nitrogens is 4. The second-order valence-electron chi connectivity index (χ2n) is 10.3. The van der Waals surface area contributed by atoms with Gasteiger partial charge in [0.15, 0.2) is 0 Å². The summed E-state index contributed by atoms with van der Waals surface area (Å²) in [4.78, 5) is 11.7. The van der Waals surface area contributed by atoms with Gasteiger partial charge in [0.1, 0.15) is 0 Å². The summed E-state index contributed by atoms with van der Waals surface area (Å²) >= 11 is 0. The molecule has 0 amide bonds. The third-order valence-corrected chi connectivity index (χ3v) is 7.81. The number of esters is 1. The van der Waals surface area contributed by atoms with Gasteiger partial charge in [-0.3, -0.25) is 4.79 Å². The SMILES string of the molecule is CCOC(=O)CC1CCCc2c1cnn2-c1ccccc1.OCCC1CCCc2c1cnn2-c1ccccc1. The van der Waals surface area contributed by atoms with Crippen molar-refractivity contribution in [2.45, 2.75) is 70.1 Å². The van der Waals surface area contributed by atoms with Gasteiger partial charge in [-0.05, 0) is 99.1 Å². The van der Waals surface area contributed by atoms with Crippen LogP contribution < -0.4 is 0 Å². The van der Waals surface area contributed by atoms with Crippen LogP contribution in [0.2, 0.25) is 0 Å². The minimum absolute atomic E-state index is 0.109. The van der Waals surface area contributed by atoms with Crippen molar-refractivity contribution in [2.75, 3.05) is 13.2 Å². The number of carbonyl (C=O) groups is 1. The van der Waals surface area contributed by atoms with Gasteiger partial charge in [0.2, 0.25) is 0 Å². The number of hydrogen-bond donors (Lipinski definition) is 1. The van der Waals surface area contributed by atoms with Gasteiger partial charge in [0, 0.05) is 18.0 Å². The largest absolute Gasteiger partial charge is 0.466 e. The van der Waals surface area contributed by atoms with E-state index in [4.69, 9.17) is 9.84 Å². The maximum absolute atomic E-state index is 11.7. The first-order valence-electron chi connectivity index (χ1n) is 14.2. The number of carbonyl (C=O) groups excluding carboxylic acids is 1. The summed E-state index contributed by atoms with van der Waals surface area (Å²) < 4.78 is 9.15. The Morgan fingerprint density at radius 2 is 1.36 bits per heavy atom. The molecule has 2 aliphatic rings. The van der Waals surface area contributed by atoms with Gasteiger partial charge in [-0.1, -0.05) is 36.4 Å². The first-order valence-corrected chi connectivity index (χ1v) is 14.2. The van der Waals surface area contributed by atoms with Crippen LogP contribution in [0.25, 0.3) is 11.4 Å². The molecule has 0 fully saturated rings. The number of ether oxygens (including phenoxy) is 1. The number of para-hydroxylation sites is 2. The molecule has 7 nitrogen and oxygen atoms in total. The first kappa shape index (κ1) is 26.9. The van der Waals surface area contributed by atoms with Crippen molar-refractivity contribution in [2.24, 2.45) is 0 Å². The number of nitrogens with zero attached hydrogens (tertiary/aromatic N) is 4. The van der Waals surface area contributed by atoms with Crippen molar-refractivity contribution >= 4 is 5.97 Å². The molecule has 4 aromatic rings. The smallest absolute Gasteiger partial charge is 0.306 e. The Morgan fingerprint density at radius 1 is 0.846 bits per heavy atom. The molecular formula is C32H38N4O3. The zero-order chi connectivity index (χ0) is 27.0. The number of aliphatic hydroxyl groups excluding tert-OH is 1. The molecule has 204 valence electrons. The topological polar surface area (TPSA) is 82.2 Å². The minimum atomic E-state index is -0.109. The van der Waals surface area contributed by atoms with E-state index in [0.29, 0.717) is 18.9 Å². The molecule has 7 heteroatoms. The fourth-order valence-corrected chi connectivity index (χ4v) is 5.97. The van der Waals surface area contributed by atoms with Gasteiger partial charge in [0.25, 0.3) is 0 Å². The highest BCUT2D eigenvalue weighted by Gasteiger charge is 2.27. The molecule has 2 aliphatic carbocycles. The molecule has 0 saturated heterocycles. The average Bonchev–Trinajstić information content (AvgIpc) is 3.61. The predicted molar refractivity (Wildman–Crippen MR) is 151 cm³/mol. The Morgan fingerprint density at radius 3 is 1.87 bits per heavy atom. The minimum Gasteiger partial charge on any atom is -0.466 e. The molecule has 0 saturated carbocycles. The lowest BCUT2D eigenvalue weighted by molar-refractivity contribution is -0.143. The summed E-state index contributed by atoms with van der Waals surface area (Å²) in [5.74, 6) is 0.615. The zero-order valence-electron chi connectivity index (χ0n) is 22.7. The van der Waals surface area contributed by atoms with Crippen LogP contribution in [0.15, 0.2) is 73.1 Å². The Hall–Kier alpha value is -3.71. The maximum atomic E-state index is 11.7. The zero-order valence-corrected chi connectivity index (χ0v) is 22.7. The van der Waals surface area contributed by atoms with Crippen molar-refractivity contribution in [1.29, 1.82) is 0 Å². The summed E-state index contributed by atoms with van der Waals surface area (Å²) in [5, 5.41) is 18.2. The van der Waals surface area contributed by atoms with E-state index in [-0.39, 0.29) is 18.5 Å². The molecule has 1 N–H and O–H groups in total. The van der Waals surface area contributed by atoms with E-state index in [9.17, 15) is 4.79 Å². The van der Waals surface area contributed by atoms with Crippen molar-refractivity contribution in [3.63, 3.8) is 0 Å². The van der Waals surface area contributed by atoms with Gasteiger partial charge >= 0.3 is 5.97 Å². The van der Waals surface area contributed by atoms with Crippen molar-refractivity contribution in [3.8, 4) is 11.4 Å². The van der Waals surface area contributed by atoms with Crippen LogP contribution in [0.3, 0.4) is 0 Å². The fourth-order valence-electron chi connectivity index (χ4n) is 5.97. The van der Waals surface area contributed by atoms with Crippen LogP contribution in [-0.4, -0.2) is 43.9 Å². The van der Waals surface area contributed by atoms with Crippen LogP contribution in [0.5, 0.6) is 0 Å². The van der Waals surface area contributed by atoms with Gasteiger partial charge in [-0.15, -0.1) is 0 Å². The Bertz CT molecular complexity index is 1350. The molecule has 0 radical (unpaired) electrons. The number of aliphatic hydroxyl groups is 1. The Labute approximate surface area is 230 Å². The Kier molecular flexibility index (Phi) is 8.89. The molecule has 2 unspecified atom stereocenters. The third kappa shape index (κ3) is 6.14. The summed E-state index contributed by atoms with van der Waals surface area (Å²) in [6.45, 7) is 2.56. The van der Waals surface area contributed by atoms with Crippen LogP contribution in [-0.2, 0) is 22.4 Å². The number of rotatable bonds is 7. The molecule has 39 heavy (non-hydrogen) atoms. The van der Waals surface area contributed by atoms with Crippen LogP contribution >= 0.6 is 0 Å². The van der Waals surface area contributed by atoms with E-state index in [1.807, 2.05) is 60.4 Å². The average molecular weight is 527 g/mol. The summed E-state index contributed by atoms with van der Waals surface area (Å²) in [6, 6.07) is 20.4. The lowest BCUT2D eigenvalue weighted by Gasteiger charge is -2.22. The summed E-state index contributed by atoms with van der Waals surface area (Å²) in [6.07, 6.45) is 11.8. The Balaban J connectivity index is 0.000000160. The number of benzene rings is 2. The number of hydrogen-bond acceptors (Lipinski definition) is 5. The van der Waals surface area contributed by atoms with Crippen molar-refractivity contribution < 1.29 is 14.6 Å². The lowest BCUT2D eigenvalue weighted by Crippen LogP contribution is -2.16. The fraction of sp³-hybridized carbons (Fsp3) is 0.406. The predicted octanol–water partition coefficient (Wildman–Crippen LogP) is 5.92. The van der Waals surface area contributed by atoms with E-state index in [1.54, 1.807) is 0 Å². The molecule has 2 atom stereocenters. The monoisotopic (exact) mass is 526 g/mol. The van der Waals surface area contributed by atoms with Crippen molar-refractivity contribution in [1.82, 2.24) is 19.6 Å².